The molecule has 0 bridgehead atoms. The lowest BCUT2D eigenvalue weighted by molar-refractivity contribution is -0.129. The van der Waals surface area contributed by atoms with Gasteiger partial charge in [-0.3, -0.25) is 14.7 Å². The average Bonchev–Trinajstić information content (AvgIpc) is 2.83. The van der Waals surface area contributed by atoms with Gasteiger partial charge in [0.05, 0.1) is 23.8 Å². The Labute approximate surface area is 188 Å². The largest absolute Gasteiger partial charge is 0.373 e. The average molecular weight is 431 g/mol. The lowest BCUT2D eigenvalue weighted by atomic mass is 9.99. The number of aromatic nitrogens is 3. The van der Waals surface area contributed by atoms with Crippen LogP contribution < -0.4 is 5.32 Å². The Morgan fingerprint density at radius 3 is 2.94 bits per heavy atom. The Kier molecular flexibility index (Phi) is 5.74. The maximum Gasteiger partial charge on any atom is 0.219 e. The smallest absolute Gasteiger partial charge is 0.219 e. The molecule has 1 atom stereocenters. The molecule has 1 saturated heterocycles. The lowest BCUT2D eigenvalue weighted by Gasteiger charge is -2.36. The summed E-state index contributed by atoms with van der Waals surface area (Å²) in [5.41, 5.74) is 4.45. The zero-order valence-electron chi connectivity index (χ0n) is 18.8. The molecule has 2 aliphatic heterocycles. The van der Waals surface area contributed by atoms with Gasteiger partial charge in [-0.1, -0.05) is 18.6 Å². The molecule has 2 aliphatic rings. The molecule has 32 heavy (non-hydrogen) atoms. The predicted molar refractivity (Wildman–Crippen MR) is 125 cm³/mol. The van der Waals surface area contributed by atoms with Crippen LogP contribution in [0.3, 0.4) is 0 Å². The van der Waals surface area contributed by atoms with Crippen LogP contribution in [0.2, 0.25) is 0 Å². The van der Waals surface area contributed by atoms with Gasteiger partial charge >= 0.3 is 0 Å². The van der Waals surface area contributed by atoms with Crippen molar-refractivity contribution in [2.45, 2.75) is 51.7 Å². The monoisotopic (exact) mass is 430 g/mol. The van der Waals surface area contributed by atoms with E-state index in [0.29, 0.717) is 6.54 Å². The minimum absolute atomic E-state index is 0.104. The molecule has 5 rings (SSSR count). The molecule has 0 aliphatic carbocycles. The molecule has 1 fully saturated rings. The number of fused-ring (bicyclic) bond motifs is 2. The maximum atomic E-state index is 12.0. The van der Waals surface area contributed by atoms with E-state index in [1.165, 1.54) is 23.8 Å². The Hall–Kier alpha value is -3.06. The van der Waals surface area contributed by atoms with Gasteiger partial charge in [-0.15, -0.1) is 0 Å². The molecule has 7 heteroatoms. The highest BCUT2D eigenvalue weighted by atomic mass is 16.2. The van der Waals surface area contributed by atoms with E-state index in [2.05, 4.69) is 39.5 Å². The Morgan fingerprint density at radius 1 is 1.19 bits per heavy atom. The normalized spacial score (nSPS) is 19.1. The van der Waals surface area contributed by atoms with E-state index in [9.17, 15) is 4.79 Å². The number of likely N-dealkylation sites (tertiary alicyclic amines) is 1. The number of nitrogens with zero attached hydrogens (tertiary/aromatic N) is 5. The number of hydrogen-bond donors (Lipinski definition) is 1. The van der Waals surface area contributed by atoms with Crippen LogP contribution in [-0.2, 0) is 24.3 Å². The summed E-state index contributed by atoms with van der Waals surface area (Å²) >= 11 is 0. The van der Waals surface area contributed by atoms with Crippen LogP contribution in [0.1, 0.15) is 54.9 Å². The highest BCUT2D eigenvalue weighted by molar-refractivity contribution is 5.78. The molecule has 0 spiro atoms. The van der Waals surface area contributed by atoms with Gasteiger partial charge < -0.3 is 10.2 Å². The van der Waals surface area contributed by atoms with E-state index in [1.54, 1.807) is 6.92 Å². The number of piperidine rings is 1. The lowest BCUT2D eigenvalue weighted by Crippen LogP contribution is -2.37. The molecule has 166 valence electrons. The van der Waals surface area contributed by atoms with Crippen LogP contribution in [0, 0.1) is 0 Å². The highest BCUT2D eigenvalue weighted by Gasteiger charge is 2.30. The summed E-state index contributed by atoms with van der Waals surface area (Å²) in [4.78, 5) is 30.8. The SMILES string of the molecule is CNc1nc([C@H]2CCCCN2Cc2ccc3ncccc3c2)nc2c1CCN(C(C)=O)C2. The van der Waals surface area contributed by atoms with Gasteiger partial charge in [0, 0.05) is 44.2 Å². The maximum absolute atomic E-state index is 12.0. The van der Waals surface area contributed by atoms with Crippen LogP contribution in [0.25, 0.3) is 10.9 Å². The molecule has 0 radical (unpaired) electrons. The van der Waals surface area contributed by atoms with Crippen molar-refractivity contribution in [3.63, 3.8) is 0 Å². The minimum atomic E-state index is 0.104. The van der Waals surface area contributed by atoms with Gasteiger partial charge in [-0.05, 0) is 49.6 Å². The van der Waals surface area contributed by atoms with Gasteiger partial charge in [0.1, 0.15) is 11.6 Å². The highest BCUT2D eigenvalue weighted by Crippen LogP contribution is 2.33. The topological polar surface area (TPSA) is 74.2 Å². The fourth-order valence-corrected chi connectivity index (χ4v) is 5.00. The van der Waals surface area contributed by atoms with Gasteiger partial charge in [0.25, 0.3) is 0 Å². The number of carbonyl (C=O) groups is 1. The van der Waals surface area contributed by atoms with Crippen molar-refractivity contribution in [3.05, 3.63) is 59.2 Å². The molecule has 0 unspecified atom stereocenters. The van der Waals surface area contributed by atoms with Crippen molar-refractivity contribution < 1.29 is 4.79 Å². The molecule has 4 heterocycles. The van der Waals surface area contributed by atoms with Crippen LogP contribution in [0.4, 0.5) is 5.82 Å². The van der Waals surface area contributed by atoms with E-state index in [0.717, 1.165) is 60.9 Å². The van der Waals surface area contributed by atoms with E-state index in [1.807, 2.05) is 24.2 Å². The second-order valence-corrected chi connectivity index (χ2v) is 8.81. The number of amides is 1. The quantitative estimate of drug-likeness (QED) is 0.680. The van der Waals surface area contributed by atoms with Crippen LogP contribution in [0.15, 0.2) is 36.5 Å². The molecular formula is C25H30N6O. The summed E-state index contributed by atoms with van der Waals surface area (Å²) in [7, 11) is 1.92. The zero-order valence-corrected chi connectivity index (χ0v) is 18.8. The first-order valence-electron chi connectivity index (χ1n) is 11.5. The number of anilines is 1. The number of hydrogen-bond acceptors (Lipinski definition) is 6. The molecule has 1 N–H and O–H groups in total. The number of pyridine rings is 1. The third-order valence-electron chi connectivity index (χ3n) is 6.73. The minimum Gasteiger partial charge on any atom is -0.373 e. The van der Waals surface area contributed by atoms with Crippen molar-refractivity contribution in [2.24, 2.45) is 0 Å². The first-order valence-corrected chi connectivity index (χ1v) is 11.5. The zero-order chi connectivity index (χ0) is 22.1. The first-order chi connectivity index (χ1) is 15.6. The van der Waals surface area contributed by atoms with Crippen molar-refractivity contribution in [1.82, 2.24) is 24.8 Å². The van der Waals surface area contributed by atoms with Gasteiger partial charge in [0.2, 0.25) is 5.91 Å². The third kappa shape index (κ3) is 4.05. The van der Waals surface area contributed by atoms with Crippen molar-refractivity contribution in [3.8, 4) is 0 Å². The van der Waals surface area contributed by atoms with Crippen LogP contribution in [-0.4, -0.2) is 50.8 Å². The Balaban J connectivity index is 1.45. The number of carbonyl (C=O) groups excluding carboxylic acids is 1. The van der Waals surface area contributed by atoms with Crippen molar-refractivity contribution in [1.29, 1.82) is 0 Å². The molecule has 0 saturated carbocycles. The van der Waals surface area contributed by atoms with E-state index in [4.69, 9.17) is 9.97 Å². The number of rotatable bonds is 4. The molecule has 2 aromatic heterocycles. The molecular weight excluding hydrogens is 400 g/mol. The van der Waals surface area contributed by atoms with Gasteiger partial charge in [-0.2, -0.15) is 0 Å². The van der Waals surface area contributed by atoms with E-state index < -0.39 is 0 Å². The van der Waals surface area contributed by atoms with Gasteiger partial charge in [0.15, 0.2) is 0 Å². The summed E-state index contributed by atoms with van der Waals surface area (Å²) in [5.74, 6) is 1.89. The van der Waals surface area contributed by atoms with Crippen LogP contribution in [0.5, 0.6) is 0 Å². The standard InChI is InChI=1S/C25H30N6O/c1-17(32)30-13-10-20-22(16-30)28-25(29-24(20)26-2)23-7-3-4-12-31(23)15-18-8-9-21-19(14-18)6-5-11-27-21/h5-6,8-9,11,14,23H,3-4,7,10,12-13,15-16H2,1-2H3,(H,26,28,29)/t23-/m1/s1. The predicted octanol–water partition coefficient (Wildman–Crippen LogP) is 3.70. The second-order valence-electron chi connectivity index (χ2n) is 8.81. The molecule has 1 amide bonds. The van der Waals surface area contributed by atoms with Crippen LogP contribution >= 0.6 is 0 Å². The Bertz CT molecular complexity index is 1150. The summed E-state index contributed by atoms with van der Waals surface area (Å²) < 4.78 is 0. The number of nitrogens with one attached hydrogen (secondary N) is 1. The van der Waals surface area contributed by atoms with E-state index in [-0.39, 0.29) is 11.9 Å². The van der Waals surface area contributed by atoms with Gasteiger partial charge in [-0.25, -0.2) is 9.97 Å². The van der Waals surface area contributed by atoms with E-state index >= 15 is 0 Å². The fourth-order valence-electron chi connectivity index (χ4n) is 5.00. The summed E-state index contributed by atoms with van der Waals surface area (Å²) in [5, 5.41) is 4.45. The molecule has 3 aromatic rings. The van der Waals surface area contributed by atoms with Crippen molar-refractivity contribution >= 4 is 22.6 Å². The summed E-state index contributed by atoms with van der Waals surface area (Å²) in [6.07, 6.45) is 6.05. The van der Waals surface area contributed by atoms with Crippen molar-refractivity contribution in [2.75, 3.05) is 25.5 Å². The number of benzene rings is 1. The summed E-state index contributed by atoms with van der Waals surface area (Å²) in [6.45, 7) is 4.83. The summed E-state index contributed by atoms with van der Waals surface area (Å²) in [6, 6.07) is 10.8. The fraction of sp³-hybridized carbons (Fsp3) is 0.440. The molecule has 1 aromatic carbocycles. The molecule has 7 nitrogen and oxygen atoms in total. The second kappa shape index (κ2) is 8.82. The first kappa shape index (κ1) is 20.8. The Morgan fingerprint density at radius 2 is 2.09 bits per heavy atom. The third-order valence-corrected chi connectivity index (χ3v) is 6.73.